The van der Waals surface area contributed by atoms with Gasteiger partial charge in [-0.1, -0.05) is 49.8 Å². The Morgan fingerprint density at radius 3 is 2.51 bits per heavy atom. The van der Waals surface area contributed by atoms with Gasteiger partial charge in [-0.25, -0.2) is 22.5 Å². The van der Waals surface area contributed by atoms with Gasteiger partial charge >= 0.3 is 0 Å². The lowest BCUT2D eigenvalue weighted by molar-refractivity contribution is -0.112. The largest absolute Gasteiger partial charge is 0.330 e. The van der Waals surface area contributed by atoms with Crippen molar-refractivity contribution in [1.29, 1.82) is 0 Å². The van der Waals surface area contributed by atoms with E-state index < -0.39 is 34.9 Å². The van der Waals surface area contributed by atoms with Crippen LogP contribution in [0.4, 0.5) is 23.2 Å². The molecule has 196 valence electrons. The highest BCUT2D eigenvalue weighted by molar-refractivity contribution is 6.00. The van der Waals surface area contributed by atoms with Crippen LogP contribution in [0, 0.1) is 28.7 Å². The number of carbonyl (C=O) groups is 1. The maximum Gasteiger partial charge on any atom is 0.248 e. The number of halogens is 4. The first-order valence-electron chi connectivity index (χ1n) is 11.9. The average molecular weight is 514 g/mol. The third kappa shape index (κ3) is 6.76. The molecule has 1 atom stereocenters. The molecule has 3 rings (SSSR count). The quantitative estimate of drug-likeness (QED) is 0.135. The van der Waals surface area contributed by atoms with Gasteiger partial charge in [0.25, 0.3) is 0 Å². The summed E-state index contributed by atoms with van der Waals surface area (Å²) in [6.45, 7) is 10.3. The van der Waals surface area contributed by atoms with Crippen molar-refractivity contribution in [1.82, 2.24) is 9.55 Å². The first-order valence-corrected chi connectivity index (χ1v) is 11.9. The molecule has 1 aliphatic rings. The minimum Gasteiger partial charge on any atom is -0.330 e. The lowest BCUT2D eigenvalue weighted by atomic mass is 9.71. The first kappa shape index (κ1) is 27.9. The molecule has 1 aliphatic carbocycles. The molecule has 1 amide bonds. The number of amides is 1. The Morgan fingerprint density at radius 1 is 1.11 bits per heavy atom. The van der Waals surface area contributed by atoms with Crippen molar-refractivity contribution >= 4 is 11.6 Å². The van der Waals surface area contributed by atoms with E-state index in [1.807, 2.05) is 36.9 Å². The maximum atomic E-state index is 13.8. The van der Waals surface area contributed by atoms with Crippen molar-refractivity contribution in [3.05, 3.63) is 107 Å². The molecule has 1 N–H and O–H groups in total. The number of allylic oxidation sites excluding steroid dienone is 9. The number of hydrogen-bond acceptors (Lipinski definition) is 2. The smallest absolute Gasteiger partial charge is 0.248 e. The van der Waals surface area contributed by atoms with Crippen molar-refractivity contribution in [2.24, 2.45) is 5.41 Å². The third-order valence-electron chi connectivity index (χ3n) is 6.53. The van der Waals surface area contributed by atoms with E-state index in [1.54, 1.807) is 25.3 Å². The van der Waals surface area contributed by atoms with Crippen LogP contribution in [0.15, 0.2) is 83.5 Å². The summed E-state index contributed by atoms with van der Waals surface area (Å²) in [5.41, 5.74) is 3.40. The highest BCUT2D eigenvalue weighted by Gasteiger charge is 2.32. The van der Waals surface area contributed by atoms with Gasteiger partial charge in [-0.2, -0.15) is 0 Å². The van der Waals surface area contributed by atoms with Gasteiger partial charge in [0.15, 0.2) is 23.3 Å². The van der Waals surface area contributed by atoms with Crippen molar-refractivity contribution in [2.45, 2.75) is 53.5 Å². The van der Waals surface area contributed by atoms with Gasteiger partial charge in [-0.3, -0.25) is 4.79 Å². The fourth-order valence-electron chi connectivity index (χ4n) is 4.46. The SMILES string of the molecule is CC1=C(/C=C/C(C)=C/C=C/C(C)=C/C(=O)Nc2cc(F)c(F)c(F)c2F)C(C)(C)CCC1n1ccnc1. The van der Waals surface area contributed by atoms with E-state index >= 15 is 0 Å². The zero-order chi connectivity index (χ0) is 27.3. The molecule has 1 aromatic heterocycles. The Bertz CT molecular complexity index is 1320. The van der Waals surface area contributed by atoms with E-state index in [-0.39, 0.29) is 11.5 Å². The minimum atomic E-state index is -1.98. The molecule has 1 aromatic carbocycles. The van der Waals surface area contributed by atoms with Crippen LogP contribution in [-0.2, 0) is 4.79 Å². The molecular formula is C29H31F4N3O. The van der Waals surface area contributed by atoms with Gasteiger partial charge in [0.1, 0.15) is 0 Å². The first-order chi connectivity index (χ1) is 17.4. The van der Waals surface area contributed by atoms with E-state index in [1.165, 1.54) is 11.1 Å². The predicted molar refractivity (Wildman–Crippen MR) is 138 cm³/mol. The zero-order valence-electron chi connectivity index (χ0n) is 21.6. The summed E-state index contributed by atoms with van der Waals surface area (Å²) in [6.07, 6.45) is 18.4. The van der Waals surface area contributed by atoms with Crippen molar-refractivity contribution in [3.63, 3.8) is 0 Å². The van der Waals surface area contributed by atoms with E-state index in [2.05, 4.69) is 36.4 Å². The van der Waals surface area contributed by atoms with Crippen molar-refractivity contribution < 1.29 is 22.4 Å². The summed E-state index contributed by atoms with van der Waals surface area (Å²) < 4.78 is 55.6. The van der Waals surface area contributed by atoms with E-state index in [0.717, 1.165) is 24.5 Å². The van der Waals surface area contributed by atoms with Crippen LogP contribution in [0.25, 0.3) is 0 Å². The van der Waals surface area contributed by atoms with Gasteiger partial charge in [0, 0.05) is 24.5 Å². The fourth-order valence-corrected chi connectivity index (χ4v) is 4.46. The molecular weight excluding hydrogens is 482 g/mol. The molecule has 0 saturated heterocycles. The molecule has 0 spiro atoms. The van der Waals surface area contributed by atoms with Crippen LogP contribution in [-0.4, -0.2) is 15.5 Å². The number of imidazole rings is 1. The van der Waals surface area contributed by atoms with Crippen molar-refractivity contribution in [3.8, 4) is 0 Å². The minimum absolute atomic E-state index is 0.0519. The van der Waals surface area contributed by atoms with Gasteiger partial charge in [-0.15, -0.1) is 0 Å². The summed E-state index contributed by atoms with van der Waals surface area (Å²) in [7, 11) is 0. The Hall–Kier alpha value is -3.68. The number of anilines is 1. The summed E-state index contributed by atoms with van der Waals surface area (Å²) in [4.78, 5) is 16.3. The molecule has 2 aromatic rings. The standard InChI is InChI=1S/C29H31F4N3O/c1-18(9-10-21-20(3)24(11-12-29(21,4)5)36-14-13-34-17-36)7-6-8-19(2)15-25(37)35-23-16-22(30)26(31)28(33)27(23)32/h6-10,13-17,24H,11-12H2,1-5H3,(H,35,37)/b8-6+,10-9+,18-7+,19-15+. The topological polar surface area (TPSA) is 46.9 Å². The van der Waals surface area contributed by atoms with Gasteiger partial charge in [0.2, 0.25) is 5.91 Å². The predicted octanol–water partition coefficient (Wildman–Crippen LogP) is 7.76. The van der Waals surface area contributed by atoms with Gasteiger partial charge < -0.3 is 9.88 Å². The number of nitrogens with zero attached hydrogens (tertiary/aromatic N) is 2. The molecule has 8 heteroatoms. The maximum absolute atomic E-state index is 13.8. The molecule has 0 fully saturated rings. The number of carbonyl (C=O) groups excluding carboxylic acids is 1. The van der Waals surface area contributed by atoms with E-state index in [9.17, 15) is 22.4 Å². The molecule has 1 heterocycles. The summed E-state index contributed by atoms with van der Waals surface area (Å²) in [6, 6.07) is 0.681. The average Bonchev–Trinajstić information content (AvgIpc) is 3.35. The van der Waals surface area contributed by atoms with Crippen LogP contribution in [0.1, 0.15) is 53.5 Å². The second kappa shape index (κ2) is 11.6. The second-order valence-electron chi connectivity index (χ2n) is 9.87. The molecule has 1 unspecified atom stereocenters. The normalized spacial score (nSPS) is 18.8. The Balaban J connectivity index is 1.68. The van der Waals surface area contributed by atoms with Crippen molar-refractivity contribution in [2.75, 3.05) is 5.32 Å². The Morgan fingerprint density at radius 2 is 1.84 bits per heavy atom. The molecule has 0 aliphatic heterocycles. The van der Waals surface area contributed by atoms with E-state index in [0.29, 0.717) is 11.6 Å². The highest BCUT2D eigenvalue weighted by Crippen LogP contribution is 2.45. The molecule has 0 saturated carbocycles. The number of benzene rings is 1. The van der Waals surface area contributed by atoms with Crippen LogP contribution < -0.4 is 5.32 Å². The lowest BCUT2D eigenvalue weighted by Gasteiger charge is -2.37. The number of hydrogen-bond donors (Lipinski definition) is 1. The van der Waals surface area contributed by atoms with Gasteiger partial charge in [-0.05, 0) is 55.7 Å². The second-order valence-corrected chi connectivity index (χ2v) is 9.87. The third-order valence-corrected chi connectivity index (χ3v) is 6.53. The number of aromatic nitrogens is 2. The molecule has 0 bridgehead atoms. The van der Waals surface area contributed by atoms with Crippen LogP contribution >= 0.6 is 0 Å². The van der Waals surface area contributed by atoms with Crippen LogP contribution in [0.2, 0.25) is 0 Å². The Labute approximate surface area is 214 Å². The summed E-state index contributed by atoms with van der Waals surface area (Å²) in [5.74, 6) is -7.98. The van der Waals surface area contributed by atoms with Crippen LogP contribution in [0.3, 0.4) is 0 Å². The summed E-state index contributed by atoms with van der Waals surface area (Å²) in [5, 5.41) is 2.02. The number of nitrogens with one attached hydrogen (secondary N) is 1. The molecule has 4 nitrogen and oxygen atoms in total. The molecule has 0 radical (unpaired) electrons. The fraction of sp³-hybridized carbons (Fsp3) is 0.310. The molecule has 37 heavy (non-hydrogen) atoms. The zero-order valence-corrected chi connectivity index (χ0v) is 21.6. The van der Waals surface area contributed by atoms with Crippen LogP contribution in [0.5, 0.6) is 0 Å². The highest BCUT2D eigenvalue weighted by atomic mass is 19.2. The van der Waals surface area contributed by atoms with E-state index in [4.69, 9.17) is 0 Å². The number of rotatable bonds is 7. The monoisotopic (exact) mass is 513 g/mol. The van der Waals surface area contributed by atoms with Gasteiger partial charge in [0.05, 0.1) is 18.1 Å². The Kier molecular flexibility index (Phi) is 8.73. The lowest BCUT2D eigenvalue weighted by Crippen LogP contribution is -2.25. The summed E-state index contributed by atoms with van der Waals surface area (Å²) >= 11 is 0.